The van der Waals surface area contributed by atoms with Gasteiger partial charge in [0.15, 0.2) is 0 Å². The molecule has 2 rings (SSSR count). The van der Waals surface area contributed by atoms with E-state index >= 15 is 0 Å². The molecule has 1 heterocycles. The van der Waals surface area contributed by atoms with Crippen LogP contribution in [0.1, 0.15) is 18.0 Å². The SMILES string of the molecule is O=C(O)C[C@H](NC(=O)N1CCOCC1)c1ccccc1. The number of morpholine rings is 1. The van der Waals surface area contributed by atoms with E-state index in [0.717, 1.165) is 5.56 Å². The Labute approximate surface area is 117 Å². The third kappa shape index (κ3) is 3.96. The van der Waals surface area contributed by atoms with Crippen molar-refractivity contribution in [2.75, 3.05) is 26.3 Å². The van der Waals surface area contributed by atoms with Crippen molar-refractivity contribution in [1.82, 2.24) is 10.2 Å². The van der Waals surface area contributed by atoms with Gasteiger partial charge in [0, 0.05) is 13.1 Å². The number of nitrogens with one attached hydrogen (secondary N) is 1. The first-order valence-electron chi connectivity index (χ1n) is 6.57. The number of ether oxygens (including phenoxy) is 1. The van der Waals surface area contributed by atoms with Crippen LogP contribution in [-0.2, 0) is 9.53 Å². The number of hydrogen-bond acceptors (Lipinski definition) is 3. The molecule has 2 amide bonds. The summed E-state index contributed by atoms with van der Waals surface area (Å²) in [6.07, 6.45) is -0.139. The smallest absolute Gasteiger partial charge is 0.318 e. The minimum atomic E-state index is -0.943. The molecule has 1 aliphatic rings. The topological polar surface area (TPSA) is 78.9 Å². The van der Waals surface area contributed by atoms with Crippen molar-refractivity contribution < 1.29 is 19.4 Å². The predicted molar refractivity (Wildman–Crippen MR) is 72.4 cm³/mol. The van der Waals surface area contributed by atoms with E-state index in [2.05, 4.69) is 5.32 Å². The zero-order chi connectivity index (χ0) is 14.4. The zero-order valence-corrected chi connectivity index (χ0v) is 11.1. The molecule has 6 nitrogen and oxygen atoms in total. The Balaban J connectivity index is 2.03. The molecule has 2 N–H and O–H groups in total. The van der Waals surface area contributed by atoms with Crippen LogP contribution in [0.4, 0.5) is 4.79 Å². The van der Waals surface area contributed by atoms with E-state index in [1.165, 1.54) is 0 Å². The Kier molecular flexibility index (Phi) is 4.95. The first kappa shape index (κ1) is 14.3. The molecule has 6 heteroatoms. The number of nitrogens with zero attached hydrogens (tertiary/aromatic N) is 1. The van der Waals surface area contributed by atoms with Crippen LogP contribution in [0.2, 0.25) is 0 Å². The quantitative estimate of drug-likeness (QED) is 0.868. The second-order valence-electron chi connectivity index (χ2n) is 4.61. The fourth-order valence-electron chi connectivity index (χ4n) is 2.12. The molecule has 108 valence electrons. The van der Waals surface area contributed by atoms with Gasteiger partial charge in [-0.2, -0.15) is 0 Å². The summed E-state index contributed by atoms with van der Waals surface area (Å²) in [4.78, 5) is 24.7. The molecule has 1 aromatic rings. The van der Waals surface area contributed by atoms with Crippen LogP contribution >= 0.6 is 0 Å². The van der Waals surface area contributed by atoms with Gasteiger partial charge in [-0.05, 0) is 5.56 Å². The highest BCUT2D eigenvalue weighted by atomic mass is 16.5. The van der Waals surface area contributed by atoms with Crippen LogP contribution in [-0.4, -0.2) is 48.3 Å². The summed E-state index contributed by atoms with van der Waals surface area (Å²) < 4.78 is 5.19. The largest absolute Gasteiger partial charge is 0.481 e. The lowest BCUT2D eigenvalue weighted by molar-refractivity contribution is -0.137. The lowest BCUT2D eigenvalue weighted by atomic mass is 10.0. The maximum Gasteiger partial charge on any atom is 0.318 e. The Morgan fingerprint density at radius 2 is 1.90 bits per heavy atom. The molecule has 0 saturated carbocycles. The van der Waals surface area contributed by atoms with E-state index in [1.54, 1.807) is 4.90 Å². The van der Waals surface area contributed by atoms with Crippen molar-refractivity contribution in [1.29, 1.82) is 0 Å². The molecule has 0 spiro atoms. The highest BCUT2D eigenvalue weighted by Gasteiger charge is 2.22. The van der Waals surface area contributed by atoms with Gasteiger partial charge >= 0.3 is 12.0 Å². The van der Waals surface area contributed by atoms with Gasteiger partial charge in [-0.1, -0.05) is 30.3 Å². The Hall–Kier alpha value is -2.08. The number of aliphatic carboxylic acids is 1. The minimum Gasteiger partial charge on any atom is -0.481 e. The van der Waals surface area contributed by atoms with Crippen molar-refractivity contribution in [2.45, 2.75) is 12.5 Å². The summed E-state index contributed by atoms with van der Waals surface area (Å²) in [6, 6.07) is 8.36. The number of carbonyl (C=O) groups is 2. The van der Waals surface area contributed by atoms with Crippen molar-refractivity contribution in [3.8, 4) is 0 Å². The molecule has 0 unspecified atom stereocenters. The molecule has 1 fully saturated rings. The summed E-state index contributed by atoms with van der Waals surface area (Å²) >= 11 is 0. The van der Waals surface area contributed by atoms with Gasteiger partial charge in [-0.3, -0.25) is 4.79 Å². The summed E-state index contributed by atoms with van der Waals surface area (Å²) in [6.45, 7) is 2.09. The number of rotatable bonds is 4. The van der Waals surface area contributed by atoms with Gasteiger partial charge in [-0.25, -0.2) is 4.79 Å². The molecule has 1 saturated heterocycles. The second kappa shape index (κ2) is 6.91. The molecule has 1 aliphatic heterocycles. The fraction of sp³-hybridized carbons (Fsp3) is 0.429. The summed E-state index contributed by atoms with van der Waals surface area (Å²) in [5, 5.41) is 11.8. The molecule has 1 aromatic carbocycles. The monoisotopic (exact) mass is 278 g/mol. The molecule has 0 bridgehead atoms. The molecular weight excluding hydrogens is 260 g/mol. The molecule has 0 radical (unpaired) electrons. The Morgan fingerprint density at radius 1 is 1.25 bits per heavy atom. The average Bonchev–Trinajstić information content (AvgIpc) is 2.48. The van der Waals surface area contributed by atoms with Gasteiger partial charge in [0.05, 0.1) is 25.7 Å². The van der Waals surface area contributed by atoms with Crippen LogP contribution < -0.4 is 5.32 Å². The first-order valence-corrected chi connectivity index (χ1v) is 6.57. The van der Waals surface area contributed by atoms with E-state index in [1.807, 2.05) is 30.3 Å². The average molecular weight is 278 g/mol. The van der Waals surface area contributed by atoms with Crippen molar-refractivity contribution in [3.05, 3.63) is 35.9 Å². The van der Waals surface area contributed by atoms with E-state index < -0.39 is 12.0 Å². The second-order valence-corrected chi connectivity index (χ2v) is 4.61. The number of urea groups is 1. The molecule has 20 heavy (non-hydrogen) atoms. The third-order valence-corrected chi connectivity index (χ3v) is 3.18. The molecule has 0 aromatic heterocycles. The lowest BCUT2D eigenvalue weighted by Crippen LogP contribution is -2.47. The molecule has 1 atom stereocenters. The standard InChI is InChI=1S/C14H18N2O4/c17-13(18)10-12(11-4-2-1-3-5-11)15-14(19)16-6-8-20-9-7-16/h1-5,12H,6-10H2,(H,15,19)(H,17,18)/t12-/m0/s1. The van der Waals surface area contributed by atoms with Crippen molar-refractivity contribution >= 4 is 12.0 Å². The summed E-state index contributed by atoms with van der Waals surface area (Å²) in [7, 11) is 0. The van der Waals surface area contributed by atoms with Crippen molar-refractivity contribution in [3.63, 3.8) is 0 Å². The lowest BCUT2D eigenvalue weighted by Gasteiger charge is -2.29. The zero-order valence-electron chi connectivity index (χ0n) is 11.1. The first-order chi connectivity index (χ1) is 9.66. The highest BCUT2D eigenvalue weighted by Crippen LogP contribution is 2.17. The maximum absolute atomic E-state index is 12.1. The van der Waals surface area contributed by atoms with Gasteiger partial charge in [-0.15, -0.1) is 0 Å². The number of amides is 2. The number of carboxylic acid groups (broad SMARTS) is 1. The van der Waals surface area contributed by atoms with Gasteiger partial charge in [0.1, 0.15) is 0 Å². The van der Waals surface area contributed by atoms with Gasteiger partial charge in [0.2, 0.25) is 0 Å². The third-order valence-electron chi connectivity index (χ3n) is 3.18. The van der Waals surface area contributed by atoms with Gasteiger partial charge in [0.25, 0.3) is 0 Å². The molecule has 0 aliphatic carbocycles. The van der Waals surface area contributed by atoms with Crippen LogP contribution in [0.25, 0.3) is 0 Å². The number of hydrogen-bond donors (Lipinski definition) is 2. The molecular formula is C14H18N2O4. The van der Waals surface area contributed by atoms with E-state index in [9.17, 15) is 9.59 Å². The Morgan fingerprint density at radius 3 is 2.50 bits per heavy atom. The van der Waals surface area contributed by atoms with Crippen LogP contribution in [0.5, 0.6) is 0 Å². The van der Waals surface area contributed by atoms with Crippen LogP contribution in [0.15, 0.2) is 30.3 Å². The number of carboxylic acids is 1. The van der Waals surface area contributed by atoms with E-state index in [-0.39, 0.29) is 12.5 Å². The van der Waals surface area contributed by atoms with Crippen molar-refractivity contribution in [2.24, 2.45) is 0 Å². The Bertz CT molecular complexity index is 458. The fourth-order valence-corrected chi connectivity index (χ4v) is 2.12. The summed E-state index contributed by atoms with van der Waals surface area (Å²) in [5.74, 6) is -0.943. The predicted octanol–water partition coefficient (Wildman–Crippen LogP) is 1.24. The normalized spacial score (nSPS) is 16.5. The number of benzene rings is 1. The van der Waals surface area contributed by atoms with E-state index in [0.29, 0.717) is 26.3 Å². The van der Waals surface area contributed by atoms with Crippen LogP contribution in [0.3, 0.4) is 0 Å². The number of carbonyl (C=O) groups excluding carboxylic acids is 1. The minimum absolute atomic E-state index is 0.139. The maximum atomic E-state index is 12.1. The van der Waals surface area contributed by atoms with Crippen LogP contribution in [0, 0.1) is 0 Å². The van der Waals surface area contributed by atoms with Gasteiger partial charge < -0.3 is 20.1 Å². The van der Waals surface area contributed by atoms with E-state index in [4.69, 9.17) is 9.84 Å². The summed E-state index contributed by atoms with van der Waals surface area (Å²) in [5.41, 5.74) is 0.788. The highest BCUT2D eigenvalue weighted by molar-refractivity contribution is 5.76.